The van der Waals surface area contributed by atoms with E-state index in [2.05, 4.69) is 52.0 Å². The molecule has 2 aromatic carbocycles. The van der Waals surface area contributed by atoms with Crippen molar-refractivity contribution in [3.8, 4) is 0 Å². The number of anilines is 2. The van der Waals surface area contributed by atoms with Crippen LogP contribution in [0.3, 0.4) is 0 Å². The average molecular weight is 322 g/mol. The van der Waals surface area contributed by atoms with Crippen LogP contribution in [0.1, 0.15) is 70.9 Å². The van der Waals surface area contributed by atoms with Gasteiger partial charge in [-0.05, 0) is 98.6 Å². The third-order valence-electron chi connectivity index (χ3n) is 5.33. The molecule has 2 heteroatoms. The maximum atomic E-state index is 5.87. The molecule has 128 valence electrons. The maximum Gasteiger partial charge on any atom is 0.0373 e. The van der Waals surface area contributed by atoms with E-state index in [1.807, 2.05) is 0 Å². The van der Waals surface area contributed by atoms with Crippen LogP contribution in [0.5, 0.6) is 0 Å². The number of aryl methyl sites for hydroxylation is 4. The van der Waals surface area contributed by atoms with Crippen LogP contribution in [0, 0.1) is 27.7 Å². The topological polar surface area (TPSA) is 52.0 Å². The van der Waals surface area contributed by atoms with Crippen molar-refractivity contribution in [2.75, 3.05) is 11.5 Å². The summed E-state index contributed by atoms with van der Waals surface area (Å²) in [6, 6.07) is 8.94. The third-order valence-corrected chi connectivity index (χ3v) is 5.33. The summed E-state index contributed by atoms with van der Waals surface area (Å²) in [5.41, 5.74) is 21.6. The minimum atomic E-state index is 0.836. The lowest BCUT2D eigenvalue weighted by Crippen LogP contribution is -1.95. The highest BCUT2D eigenvalue weighted by Gasteiger charge is 2.24. The summed E-state index contributed by atoms with van der Waals surface area (Å²) in [4.78, 5) is 0. The predicted octanol–water partition coefficient (Wildman–Crippen LogP) is 5.53. The van der Waals surface area contributed by atoms with Gasteiger partial charge in [-0.1, -0.05) is 24.3 Å². The average Bonchev–Trinajstić information content (AvgIpc) is 3.40. The first kappa shape index (κ1) is 16.9. The second-order valence-electron chi connectivity index (χ2n) is 7.69. The molecule has 0 aromatic heterocycles. The van der Waals surface area contributed by atoms with Crippen molar-refractivity contribution in [3.63, 3.8) is 0 Å². The summed E-state index contributed by atoms with van der Waals surface area (Å²) < 4.78 is 0. The molecule has 0 amide bonds. The lowest BCUT2D eigenvalue weighted by atomic mass is 10.0. The fourth-order valence-corrected chi connectivity index (χ4v) is 3.32. The minimum absolute atomic E-state index is 0.836. The van der Waals surface area contributed by atoms with Gasteiger partial charge in [0, 0.05) is 11.4 Å². The third kappa shape index (κ3) is 3.75. The maximum absolute atomic E-state index is 5.87. The van der Waals surface area contributed by atoms with E-state index in [0.29, 0.717) is 0 Å². The lowest BCUT2D eigenvalue weighted by Gasteiger charge is -2.07. The van der Waals surface area contributed by atoms with E-state index in [4.69, 9.17) is 11.5 Å². The number of benzene rings is 2. The molecule has 0 atom stereocenters. The van der Waals surface area contributed by atoms with Crippen molar-refractivity contribution in [2.45, 2.75) is 65.2 Å². The zero-order valence-electron chi connectivity index (χ0n) is 15.4. The Morgan fingerprint density at radius 1 is 0.583 bits per heavy atom. The van der Waals surface area contributed by atoms with Gasteiger partial charge in [-0.2, -0.15) is 0 Å². The molecule has 0 saturated heterocycles. The number of nitrogen functional groups attached to an aromatic ring is 2. The van der Waals surface area contributed by atoms with Crippen LogP contribution >= 0.6 is 0 Å². The van der Waals surface area contributed by atoms with Crippen molar-refractivity contribution in [2.24, 2.45) is 0 Å². The summed E-state index contributed by atoms with van der Waals surface area (Å²) in [6.45, 7) is 8.37. The molecule has 0 spiro atoms. The van der Waals surface area contributed by atoms with Crippen LogP contribution in [0.25, 0.3) is 0 Å². The van der Waals surface area contributed by atoms with Gasteiger partial charge in [-0.25, -0.2) is 0 Å². The first-order valence-corrected chi connectivity index (χ1v) is 9.10. The molecule has 0 aliphatic heterocycles. The highest BCUT2D eigenvalue weighted by molar-refractivity contribution is 5.56. The molecular formula is C22H30N2. The number of hydrogen-bond acceptors (Lipinski definition) is 2. The molecule has 24 heavy (non-hydrogen) atoms. The molecule has 2 aliphatic carbocycles. The van der Waals surface area contributed by atoms with E-state index in [9.17, 15) is 0 Å². The van der Waals surface area contributed by atoms with Crippen molar-refractivity contribution in [1.29, 1.82) is 0 Å². The van der Waals surface area contributed by atoms with Gasteiger partial charge >= 0.3 is 0 Å². The zero-order chi connectivity index (χ0) is 17.4. The lowest BCUT2D eigenvalue weighted by molar-refractivity contribution is 1.11. The Kier molecular flexibility index (Phi) is 4.58. The largest absolute Gasteiger partial charge is 0.398 e. The Morgan fingerprint density at radius 2 is 0.833 bits per heavy atom. The summed E-state index contributed by atoms with van der Waals surface area (Å²) in [5.74, 6) is 1.67. The fourth-order valence-electron chi connectivity index (χ4n) is 3.32. The van der Waals surface area contributed by atoms with Gasteiger partial charge in [0.15, 0.2) is 0 Å². The quantitative estimate of drug-likeness (QED) is 0.715. The van der Waals surface area contributed by atoms with Gasteiger partial charge in [0.25, 0.3) is 0 Å². The Bertz CT molecular complexity index is 641. The van der Waals surface area contributed by atoms with E-state index < -0.39 is 0 Å². The van der Waals surface area contributed by atoms with E-state index in [1.54, 1.807) is 0 Å². The Balaban J connectivity index is 0.000000141. The van der Waals surface area contributed by atoms with Gasteiger partial charge in [0.2, 0.25) is 0 Å². The van der Waals surface area contributed by atoms with Gasteiger partial charge in [-0.3, -0.25) is 0 Å². The standard InChI is InChI=1S/2C11H15N/c2*1-7-5-10(9-3-4-9)6-8(2)11(7)12/h2*5-6,9H,3-4,12H2,1-2H3. The second kappa shape index (κ2) is 6.51. The highest BCUT2D eigenvalue weighted by Crippen LogP contribution is 2.42. The number of nitrogens with two attached hydrogens (primary N) is 2. The summed E-state index contributed by atoms with van der Waals surface area (Å²) in [6.07, 6.45) is 5.46. The van der Waals surface area contributed by atoms with Crippen molar-refractivity contribution in [1.82, 2.24) is 0 Å². The molecule has 0 radical (unpaired) electrons. The molecular weight excluding hydrogens is 292 g/mol. The van der Waals surface area contributed by atoms with Crippen LogP contribution in [-0.2, 0) is 0 Å². The van der Waals surface area contributed by atoms with Crippen molar-refractivity contribution in [3.05, 3.63) is 57.6 Å². The molecule has 4 rings (SSSR count). The molecule has 2 aliphatic rings. The first-order valence-electron chi connectivity index (χ1n) is 9.10. The second-order valence-corrected chi connectivity index (χ2v) is 7.69. The zero-order valence-corrected chi connectivity index (χ0v) is 15.4. The van der Waals surface area contributed by atoms with Crippen LogP contribution in [0.4, 0.5) is 11.4 Å². The van der Waals surface area contributed by atoms with Gasteiger partial charge in [-0.15, -0.1) is 0 Å². The van der Waals surface area contributed by atoms with E-state index in [0.717, 1.165) is 23.2 Å². The monoisotopic (exact) mass is 322 g/mol. The Morgan fingerprint density at radius 3 is 1.04 bits per heavy atom. The van der Waals surface area contributed by atoms with Crippen LogP contribution in [-0.4, -0.2) is 0 Å². The highest BCUT2D eigenvalue weighted by atomic mass is 14.6. The summed E-state index contributed by atoms with van der Waals surface area (Å²) in [7, 11) is 0. The Labute approximate surface area is 146 Å². The molecule has 2 aromatic rings. The van der Waals surface area contributed by atoms with Gasteiger partial charge < -0.3 is 11.5 Å². The smallest absolute Gasteiger partial charge is 0.0373 e. The molecule has 2 saturated carbocycles. The van der Waals surface area contributed by atoms with Crippen LogP contribution in [0.15, 0.2) is 24.3 Å². The molecule has 2 fully saturated rings. The molecule has 4 N–H and O–H groups in total. The number of hydrogen-bond donors (Lipinski definition) is 2. The van der Waals surface area contributed by atoms with Crippen molar-refractivity contribution < 1.29 is 0 Å². The van der Waals surface area contributed by atoms with Crippen LogP contribution in [0.2, 0.25) is 0 Å². The summed E-state index contributed by atoms with van der Waals surface area (Å²) >= 11 is 0. The van der Waals surface area contributed by atoms with E-state index in [-0.39, 0.29) is 0 Å². The van der Waals surface area contributed by atoms with Gasteiger partial charge in [0.05, 0.1) is 0 Å². The predicted molar refractivity (Wildman–Crippen MR) is 105 cm³/mol. The SMILES string of the molecule is Cc1cc(C2CC2)cc(C)c1N.Cc1cc(C2CC2)cc(C)c1N. The molecule has 0 unspecified atom stereocenters. The van der Waals surface area contributed by atoms with Gasteiger partial charge in [0.1, 0.15) is 0 Å². The van der Waals surface area contributed by atoms with E-state index >= 15 is 0 Å². The van der Waals surface area contributed by atoms with E-state index in [1.165, 1.54) is 59.1 Å². The van der Waals surface area contributed by atoms with Crippen molar-refractivity contribution >= 4 is 11.4 Å². The number of rotatable bonds is 2. The normalized spacial score (nSPS) is 16.5. The first-order chi connectivity index (χ1) is 11.4. The van der Waals surface area contributed by atoms with Crippen LogP contribution < -0.4 is 11.5 Å². The molecule has 0 heterocycles. The summed E-state index contributed by atoms with van der Waals surface area (Å²) in [5, 5.41) is 0. The minimum Gasteiger partial charge on any atom is -0.398 e. The molecule has 2 nitrogen and oxygen atoms in total. The Hall–Kier alpha value is -1.96. The fraction of sp³-hybridized carbons (Fsp3) is 0.455. The molecule has 0 bridgehead atoms.